The van der Waals surface area contributed by atoms with Gasteiger partial charge in [0.05, 0.1) is 6.54 Å². The van der Waals surface area contributed by atoms with Crippen LogP contribution in [0.25, 0.3) is 0 Å². The van der Waals surface area contributed by atoms with Crippen molar-refractivity contribution in [3.8, 4) is 0 Å². The maximum atomic E-state index is 12.3. The van der Waals surface area contributed by atoms with Gasteiger partial charge in [-0.05, 0) is 25.0 Å². The minimum Gasteiger partial charge on any atom is -0.368 e. The smallest absolute Gasteiger partial charge is 0.236 e. The highest BCUT2D eigenvalue weighted by Gasteiger charge is 2.22. The maximum Gasteiger partial charge on any atom is 0.236 e. The number of rotatable bonds is 4. The van der Waals surface area contributed by atoms with Crippen LogP contribution in [0.4, 0.5) is 5.69 Å². The standard InChI is InChI=1S/C18H27N3O/c22-18(15-19-16-7-3-1-4-8-16)21-13-11-20(12-14-21)17-9-5-2-6-10-17/h2,5-6,9-10,16,19H,1,3-4,7-8,11-15H2. The second-order valence-electron chi connectivity index (χ2n) is 6.42. The number of carbonyl (C=O) groups excluding carboxylic acids is 1. The van der Waals surface area contributed by atoms with Crippen LogP contribution in [0, 0.1) is 0 Å². The van der Waals surface area contributed by atoms with Crippen molar-refractivity contribution in [2.75, 3.05) is 37.6 Å². The summed E-state index contributed by atoms with van der Waals surface area (Å²) in [6, 6.07) is 11.0. The van der Waals surface area contributed by atoms with E-state index in [9.17, 15) is 4.79 Å². The van der Waals surface area contributed by atoms with Gasteiger partial charge in [-0.2, -0.15) is 0 Å². The second kappa shape index (κ2) is 7.63. The molecule has 2 fully saturated rings. The Morgan fingerprint density at radius 2 is 1.68 bits per heavy atom. The molecule has 4 heteroatoms. The zero-order valence-electron chi connectivity index (χ0n) is 13.3. The summed E-state index contributed by atoms with van der Waals surface area (Å²) in [5.74, 6) is 0.262. The Bertz CT molecular complexity index is 462. The van der Waals surface area contributed by atoms with Crippen LogP contribution < -0.4 is 10.2 Å². The van der Waals surface area contributed by atoms with Gasteiger partial charge < -0.3 is 15.1 Å². The number of nitrogens with one attached hydrogen (secondary N) is 1. The van der Waals surface area contributed by atoms with E-state index in [2.05, 4.69) is 34.5 Å². The molecule has 0 radical (unpaired) electrons. The van der Waals surface area contributed by atoms with Gasteiger partial charge in [-0.1, -0.05) is 37.5 Å². The van der Waals surface area contributed by atoms with E-state index < -0.39 is 0 Å². The van der Waals surface area contributed by atoms with Crippen LogP contribution >= 0.6 is 0 Å². The molecular formula is C18H27N3O. The molecule has 1 aromatic carbocycles. The number of hydrogen-bond acceptors (Lipinski definition) is 3. The van der Waals surface area contributed by atoms with Crippen molar-refractivity contribution >= 4 is 11.6 Å². The SMILES string of the molecule is O=C(CNC1CCCCC1)N1CCN(c2ccccc2)CC1. The molecule has 1 aromatic rings. The summed E-state index contributed by atoms with van der Waals surface area (Å²) in [6.45, 7) is 4.04. The van der Waals surface area contributed by atoms with Crippen molar-refractivity contribution in [3.63, 3.8) is 0 Å². The number of para-hydroxylation sites is 1. The fourth-order valence-corrected chi connectivity index (χ4v) is 3.50. The Balaban J connectivity index is 1.41. The van der Waals surface area contributed by atoms with Gasteiger partial charge in [0.2, 0.25) is 5.91 Å². The highest BCUT2D eigenvalue weighted by Crippen LogP contribution is 2.18. The van der Waals surface area contributed by atoms with Crippen LogP contribution in [0.1, 0.15) is 32.1 Å². The number of benzene rings is 1. The summed E-state index contributed by atoms with van der Waals surface area (Å²) in [7, 11) is 0. The van der Waals surface area contributed by atoms with Crippen LogP contribution in [-0.4, -0.2) is 49.6 Å². The third-order valence-electron chi connectivity index (χ3n) is 4.90. The van der Waals surface area contributed by atoms with Crippen LogP contribution in [0.5, 0.6) is 0 Å². The van der Waals surface area contributed by atoms with Crippen LogP contribution in [0.3, 0.4) is 0 Å². The van der Waals surface area contributed by atoms with E-state index in [0.29, 0.717) is 12.6 Å². The average Bonchev–Trinajstić information content (AvgIpc) is 2.61. The Morgan fingerprint density at radius 3 is 2.36 bits per heavy atom. The Morgan fingerprint density at radius 1 is 1.00 bits per heavy atom. The maximum absolute atomic E-state index is 12.3. The van der Waals surface area contributed by atoms with Gasteiger partial charge in [0.15, 0.2) is 0 Å². The molecule has 0 spiro atoms. The molecule has 1 N–H and O–H groups in total. The lowest BCUT2D eigenvalue weighted by molar-refractivity contribution is -0.130. The molecule has 0 unspecified atom stereocenters. The van der Waals surface area contributed by atoms with E-state index in [4.69, 9.17) is 0 Å². The molecule has 1 heterocycles. The van der Waals surface area contributed by atoms with Crippen LogP contribution in [0.15, 0.2) is 30.3 Å². The van der Waals surface area contributed by atoms with Gasteiger partial charge in [0.1, 0.15) is 0 Å². The van der Waals surface area contributed by atoms with Crippen LogP contribution in [0.2, 0.25) is 0 Å². The predicted molar refractivity (Wildman–Crippen MR) is 90.1 cm³/mol. The Labute approximate surface area is 133 Å². The summed E-state index contributed by atoms with van der Waals surface area (Å²) >= 11 is 0. The predicted octanol–water partition coefficient (Wildman–Crippen LogP) is 2.26. The first kappa shape index (κ1) is 15.3. The van der Waals surface area contributed by atoms with Gasteiger partial charge in [-0.3, -0.25) is 4.79 Å². The molecule has 1 amide bonds. The van der Waals surface area contributed by atoms with Gasteiger partial charge in [0.25, 0.3) is 0 Å². The molecule has 0 bridgehead atoms. The van der Waals surface area contributed by atoms with E-state index in [1.54, 1.807) is 0 Å². The summed E-state index contributed by atoms with van der Waals surface area (Å²) in [5.41, 5.74) is 1.26. The lowest BCUT2D eigenvalue weighted by Crippen LogP contribution is -2.51. The summed E-state index contributed by atoms with van der Waals surface area (Å²) in [5, 5.41) is 3.46. The molecule has 1 aliphatic heterocycles. The zero-order valence-corrected chi connectivity index (χ0v) is 13.3. The first-order valence-corrected chi connectivity index (χ1v) is 8.64. The zero-order chi connectivity index (χ0) is 15.2. The van der Waals surface area contributed by atoms with Gasteiger partial charge >= 0.3 is 0 Å². The third kappa shape index (κ3) is 4.01. The van der Waals surface area contributed by atoms with E-state index in [-0.39, 0.29) is 5.91 Å². The van der Waals surface area contributed by atoms with Crippen LogP contribution in [-0.2, 0) is 4.79 Å². The van der Waals surface area contributed by atoms with Crippen molar-refractivity contribution in [2.24, 2.45) is 0 Å². The number of nitrogens with zero attached hydrogens (tertiary/aromatic N) is 2. The highest BCUT2D eigenvalue weighted by molar-refractivity contribution is 5.78. The fourth-order valence-electron chi connectivity index (χ4n) is 3.50. The Kier molecular flexibility index (Phi) is 5.33. The number of carbonyl (C=O) groups is 1. The molecule has 2 aliphatic rings. The summed E-state index contributed by atoms with van der Waals surface area (Å²) < 4.78 is 0. The number of piperazine rings is 1. The van der Waals surface area contributed by atoms with Crippen molar-refractivity contribution in [3.05, 3.63) is 30.3 Å². The third-order valence-corrected chi connectivity index (χ3v) is 4.90. The molecule has 1 saturated heterocycles. The first-order valence-electron chi connectivity index (χ1n) is 8.64. The largest absolute Gasteiger partial charge is 0.368 e. The number of anilines is 1. The molecule has 0 atom stereocenters. The van der Waals surface area contributed by atoms with Gasteiger partial charge in [-0.15, -0.1) is 0 Å². The summed E-state index contributed by atoms with van der Waals surface area (Å²) in [4.78, 5) is 16.7. The lowest BCUT2D eigenvalue weighted by Gasteiger charge is -2.36. The van der Waals surface area contributed by atoms with Crippen molar-refractivity contribution in [2.45, 2.75) is 38.1 Å². The van der Waals surface area contributed by atoms with Crippen molar-refractivity contribution in [1.82, 2.24) is 10.2 Å². The number of hydrogen-bond donors (Lipinski definition) is 1. The Hall–Kier alpha value is -1.55. The topological polar surface area (TPSA) is 35.6 Å². The molecular weight excluding hydrogens is 274 g/mol. The molecule has 0 aromatic heterocycles. The second-order valence-corrected chi connectivity index (χ2v) is 6.42. The minimum atomic E-state index is 0.262. The van der Waals surface area contributed by atoms with Crippen molar-refractivity contribution in [1.29, 1.82) is 0 Å². The lowest BCUT2D eigenvalue weighted by atomic mass is 9.95. The molecule has 4 nitrogen and oxygen atoms in total. The van der Waals surface area contributed by atoms with E-state index in [0.717, 1.165) is 26.2 Å². The van der Waals surface area contributed by atoms with Gasteiger partial charge in [0, 0.05) is 37.9 Å². The molecule has 120 valence electrons. The first-order chi connectivity index (χ1) is 10.8. The monoisotopic (exact) mass is 301 g/mol. The molecule has 1 saturated carbocycles. The van der Waals surface area contributed by atoms with Crippen molar-refractivity contribution < 1.29 is 4.79 Å². The molecule has 22 heavy (non-hydrogen) atoms. The number of amides is 1. The fraction of sp³-hybridized carbons (Fsp3) is 0.611. The van der Waals surface area contributed by atoms with E-state index >= 15 is 0 Å². The summed E-state index contributed by atoms with van der Waals surface area (Å²) in [6.07, 6.45) is 6.43. The van der Waals surface area contributed by atoms with E-state index in [1.165, 1.54) is 37.8 Å². The van der Waals surface area contributed by atoms with E-state index in [1.807, 2.05) is 11.0 Å². The quantitative estimate of drug-likeness (QED) is 0.926. The minimum absolute atomic E-state index is 0.262. The molecule has 1 aliphatic carbocycles. The van der Waals surface area contributed by atoms with Gasteiger partial charge in [-0.25, -0.2) is 0 Å². The average molecular weight is 301 g/mol. The highest BCUT2D eigenvalue weighted by atomic mass is 16.2. The molecule has 3 rings (SSSR count). The normalized spacial score (nSPS) is 20.2.